The lowest BCUT2D eigenvalue weighted by atomic mass is 10.1. The van der Waals surface area contributed by atoms with Crippen LogP contribution < -0.4 is 11.1 Å². The second-order valence-electron chi connectivity index (χ2n) is 5.67. The molecule has 1 aliphatic heterocycles. The Balaban J connectivity index is 2.12. The quantitative estimate of drug-likeness (QED) is 0.646. The van der Waals surface area contributed by atoms with Crippen molar-refractivity contribution in [3.05, 3.63) is 0 Å². The van der Waals surface area contributed by atoms with Crippen molar-refractivity contribution in [2.24, 2.45) is 5.73 Å². The van der Waals surface area contributed by atoms with Gasteiger partial charge in [0.2, 0.25) is 5.91 Å². The lowest BCUT2D eigenvalue weighted by Gasteiger charge is -2.26. The Morgan fingerprint density at radius 3 is 2.44 bits per heavy atom. The van der Waals surface area contributed by atoms with Gasteiger partial charge in [0.15, 0.2) is 0 Å². The minimum atomic E-state index is -0.221. The van der Waals surface area contributed by atoms with Crippen LogP contribution in [0.4, 0.5) is 0 Å². The standard InChI is InChI=1S/C14H29N3O/c1-12(2)16-13(14(15)18)8-4-7-11-17-9-5-3-6-10-17/h12-13,16H,3-11H2,1-2H3,(H2,15,18). The lowest BCUT2D eigenvalue weighted by molar-refractivity contribution is -0.120. The predicted molar refractivity (Wildman–Crippen MR) is 75.4 cm³/mol. The Bertz CT molecular complexity index is 237. The first-order valence-electron chi connectivity index (χ1n) is 7.37. The van der Waals surface area contributed by atoms with E-state index in [2.05, 4.69) is 10.2 Å². The molecule has 1 heterocycles. The van der Waals surface area contributed by atoms with Gasteiger partial charge < -0.3 is 16.0 Å². The van der Waals surface area contributed by atoms with Crippen molar-refractivity contribution in [3.63, 3.8) is 0 Å². The van der Waals surface area contributed by atoms with Crippen LogP contribution in [0.5, 0.6) is 0 Å². The number of nitrogens with zero attached hydrogens (tertiary/aromatic N) is 1. The van der Waals surface area contributed by atoms with Gasteiger partial charge in [-0.2, -0.15) is 0 Å². The van der Waals surface area contributed by atoms with E-state index in [0.29, 0.717) is 6.04 Å². The van der Waals surface area contributed by atoms with Gasteiger partial charge in [-0.25, -0.2) is 0 Å². The van der Waals surface area contributed by atoms with Crippen LogP contribution in [0.3, 0.4) is 0 Å². The maximum Gasteiger partial charge on any atom is 0.234 e. The van der Waals surface area contributed by atoms with Crippen LogP contribution in [-0.4, -0.2) is 42.5 Å². The molecule has 0 bridgehead atoms. The largest absolute Gasteiger partial charge is 0.368 e. The molecule has 18 heavy (non-hydrogen) atoms. The molecule has 1 amide bonds. The zero-order valence-corrected chi connectivity index (χ0v) is 12.0. The monoisotopic (exact) mass is 255 g/mol. The minimum absolute atomic E-state index is 0.161. The van der Waals surface area contributed by atoms with Crippen molar-refractivity contribution in [1.82, 2.24) is 10.2 Å². The summed E-state index contributed by atoms with van der Waals surface area (Å²) in [6, 6.07) is 0.149. The molecule has 106 valence electrons. The summed E-state index contributed by atoms with van der Waals surface area (Å²) in [5.74, 6) is -0.221. The Kier molecular flexibility index (Phi) is 7.28. The highest BCUT2D eigenvalue weighted by Crippen LogP contribution is 2.10. The predicted octanol–water partition coefficient (Wildman–Crippen LogP) is 1.49. The maximum absolute atomic E-state index is 11.3. The van der Waals surface area contributed by atoms with E-state index in [9.17, 15) is 4.79 Å². The van der Waals surface area contributed by atoms with Crippen LogP contribution in [-0.2, 0) is 4.79 Å². The molecule has 0 aromatic carbocycles. The van der Waals surface area contributed by atoms with Crippen molar-refractivity contribution in [2.75, 3.05) is 19.6 Å². The first-order valence-corrected chi connectivity index (χ1v) is 7.37. The van der Waals surface area contributed by atoms with Gasteiger partial charge in [0, 0.05) is 6.04 Å². The van der Waals surface area contributed by atoms with Crippen molar-refractivity contribution >= 4 is 5.91 Å². The summed E-state index contributed by atoms with van der Waals surface area (Å²) in [6.07, 6.45) is 7.19. The molecule has 1 rings (SSSR count). The number of hydrogen-bond donors (Lipinski definition) is 2. The van der Waals surface area contributed by atoms with Crippen LogP contribution in [0.1, 0.15) is 52.4 Å². The molecule has 0 aromatic rings. The third-order valence-electron chi connectivity index (χ3n) is 3.54. The molecule has 1 unspecified atom stereocenters. The molecule has 0 aromatic heterocycles. The number of piperidine rings is 1. The van der Waals surface area contributed by atoms with Gasteiger partial charge in [-0.05, 0) is 45.3 Å². The Hall–Kier alpha value is -0.610. The van der Waals surface area contributed by atoms with E-state index in [1.807, 2.05) is 13.8 Å². The van der Waals surface area contributed by atoms with Gasteiger partial charge in [0.05, 0.1) is 6.04 Å². The van der Waals surface area contributed by atoms with Gasteiger partial charge in [-0.3, -0.25) is 4.79 Å². The van der Waals surface area contributed by atoms with E-state index in [1.54, 1.807) is 0 Å². The van der Waals surface area contributed by atoms with Gasteiger partial charge >= 0.3 is 0 Å². The number of nitrogens with one attached hydrogen (secondary N) is 1. The number of carbonyl (C=O) groups is 1. The fourth-order valence-electron chi connectivity index (χ4n) is 2.58. The Labute approximate surface area is 111 Å². The highest BCUT2D eigenvalue weighted by atomic mass is 16.1. The molecule has 0 aliphatic carbocycles. The zero-order chi connectivity index (χ0) is 13.4. The van der Waals surface area contributed by atoms with E-state index < -0.39 is 0 Å². The number of rotatable bonds is 8. The number of carbonyl (C=O) groups excluding carboxylic acids is 1. The van der Waals surface area contributed by atoms with Gasteiger partial charge in [-0.1, -0.05) is 26.7 Å². The summed E-state index contributed by atoms with van der Waals surface area (Å²) in [4.78, 5) is 13.8. The van der Waals surface area contributed by atoms with Gasteiger partial charge in [0.1, 0.15) is 0 Å². The Morgan fingerprint density at radius 1 is 1.22 bits per heavy atom. The number of unbranched alkanes of at least 4 members (excludes halogenated alkanes) is 1. The minimum Gasteiger partial charge on any atom is -0.368 e. The fourth-order valence-corrected chi connectivity index (χ4v) is 2.58. The summed E-state index contributed by atoms with van der Waals surface area (Å²) < 4.78 is 0. The maximum atomic E-state index is 11.3. The van der Waals surface area contributed by atoms with Crippen molar-refractivity contribution < 1.29 is 4.79 Å². The normalized spacial score (nSPS) is 19.1. The number of hydrogen-bond acceptors (Lipinski definition) is 3. The molecule has 4 nitrogen and oxygen atoms in total. The third-order valence-corrected chi connectivity index (χ3v) is 3.54. The SMILES string of the molecule is CC(C)NC(CCCCN1CCCCC1)C(N)=O. The molecule has 0 radical (unpaired) electrons. The first-order chi connectivity index (χ1) is 8.59. The van der Waals surface area contributed by atoms with Crippen LogP contribution >= 0.6 is 0 Å². The van der Waals surface area contributed by atoms with E-state index in [4.69, 9.17) is 5.73 Å². The Morgan fingerprint density at radius 2 is 1.89 bits per heavy atom. The van der Waals surface area contributed by atoms with Crippen LogP contribution in [0.2, 0.25) is 0 Å². The highest BCUT2D eigenvalue weighted by molar-refractivity contribution is 5.79. The van der Waals surface area contributed by atoms with E-state index in [1.165, 1.54) is 45.3 Å². The zero-order valence-electron chi connectivity index (χ0n) is 12.0. The van der Waals surface area contributed by atoms with Crippen molar-refractivity contribution in [3.8, 4) is 0 Å². The molecule has 0 saturated carbocycles. The fraction of sp³-hybridized carbons (Fsp3) is 0.929. The molecule has 4 heteroatoms. The number of primary amides is 1. The highest BCUT2D eigenvalue weighted by Gasteiger charge is 2.15. The molecule has 1 fully saturated rings. The lowest BCUT2D eigenvalue weighted by Crippen LogP contribution is -2.44. The smallest absolute Gasteiger partial charge is 0.234 e. The van der Waals surface area contributed by atoms with Crippen molar-refractivity contribution in [2.45, 2.75) is 64.5 Å². The van der Waals surface area contributed by atoms with E-state index in [0.717, 1.165) is 12.8 Å². The average Bonchev–Trinajstić information content (AvgIpc) is 2.33. The average molecular weight is 255 g/mol. The third kappa shape index (κ3) is 6.36. The first kappa shape index (κ1) is 15.4. The number of likely N-dealkylation sites (tertiary alicyclic amines) is 1. The summed E-state index contributed by atoms with van der Waals surface area (Å²) in [6.45, 7) is 7.77. The second kappa shape index (κ2) is 8.48. The molecular formula is C14H29N3O. The summed E-state index contributed by atoms with van der Waals surface area (Å²) >= 11 is 0. The molecule has 1 atom stereocenters. The van der Waals surface area contributed by atoms with Crippen LogP contribution in [0, 0.1) is 0 Å². The summed E-state index contributed by atoms with van der Waals surface area (Å²) in [5.41, 5.74) is 5.40. The van der Waals surface area contributed by atoms with Gasteiger partial charge in [0.25, 0.3) is 0 Å². The molecule has 1 aliphatic rings. The molecule has 3 N–H and O–H groups in total. The number of nitrogens with two attached hydrogens (primary N) is 1. The summed E-state index contributed by atoms with van der Waals surface area (Å²) in [7, 11) is 0. The van der Waals surface area contributed by atoms with Crippen molar-refractivity contribution in [1.29, 1.82) is 0 Å². The molecular weight excluding hydrogens is 226 g/mol. The molecule has 0 spiro atoms. The van der Waals surface area contributed by atoms with E-state index >= 15 is 0 Å². The van der Waals surface area contributed by atoms with Gasteiger partial charge in [-0.15, -0.1) is 0 Å². The molecule has 1 saturated heterocycles. The van der Waals surface area contributed by atoms with Crippen LogP contribution in [0.25, 0.3) is 0 Å². The van der Waals surface area contributed by atoms with E-state index in [-0.39, 0.29) is 11.9 Å². The summed E-state index contributed by atoms with van der Waals surface area (Å²) in [5, 5.41) is 3.23. The number of amides is 1. The second-order valence-corrected chi connectivity index (χ2v) is 5.67. The topological polar surface area (TPSA) is 58.4 Å². The van der Waals surface area contributed by atoms with Crippen LogP contribution in [0.15, 0.2) is 0 Å².